The first kappa shape index (κ1) is 19.3. The number of nitrogens with zero attached hydrogens (tertiary/aromatic N) is 1. The van der Waals surface area contributed by atoms with Gasteiger partial charge in [0.1, 0.15) is 0 Å². The summed E-state index contributed by atoms with van der Waals surface area (Å²) >= 11 is 9.45. The molecule has 0 bridgehead atoms. The highest BCUT2D eigenvalue weighted by atomic mass is 79.9. The second kappa shape index (κ2) is 8.03. The minimum atomic E-state index is -1.10. The van der Waals surface area contributed by atoms with Gasteiger partial charge in [0.05, 0.1) is 16.0 Å². The number of aromatic carboxylic acids is 1. The third-order valence-corrected chi connectivity index (χ3v) is 5.60. The molecule has 0 spiro atoms. The van der Waals surface area contributed by atoms with Gasteiger partial charge in [0.25, 0.3) is 11.8 Å². The maximum Gasteiger partial charge on any atom is 0.336 e. The van der Waals surface area contributed by atoms with Gasteiger partial charge in [-0.05, 0) is 58.0 Å². The number of nitrogens with one attached hydrogen (secondary N) is 1. The number of rotatable bonds is 4. The molecule has 2 aromatic carbocycles. The van der Waals surface area contributed by atoms with Crippen molar-refractivity contribution < 1.29 is 19.5 Å². The van der Waals surface area contributed by atoms with Crippen molar-refractivity contribution in [1.82, 2.24) is 10.4 Å². The van der Waals surface area contributed by atoms with Crippen LogP contribution in [0.4, 0.5) is 0 Å². The third kappa shape index (κ3) is 4.10. The number of amides is 2. The highest BCUT2D eigenvalue weighted by Crippen LogP contribution is 2.32. The van der Waals surface area contributed by atoms with Crippen LogP contribution in [-0.2, 0) is 4.79 Å². The largest absolute Gasteiger partial charge is 0.478 e. The number of benzene rings is 2. The van der Waals surface area contributed by atoms with Crippen LogP contribution in [0.2, 0.25) is 0 Å². The second-order valence-corrected chi connectivity index (χ2v) is 7.86. The van der Waals surface area contributed by atoms with Crippen molar-refractivity contribution in [2.75, 3.05) is 0 Å². The number of hydrogen-bond acceptors (Lipinski definition) is 5. The van der Waals surface area contributed by atoms with Gasteiger partial charge < -0.3 is 5.11 Å². The van der Waals surface area contributed by atoms with Crippen LogP contribution >= 0.6 is 39.9 Å². The topological polar surface area (TPSA) is 86.7 Å². The van der Waals surface area contributed by atoms with E-state index in [0.29, 0.717) is 15.6 Å². The van der Waals surface area contributed by atoms with Crippen LogP contribution in [0.5, 0.6) is 0 Å². The van der Waals surface area contributed by atoms with Gasteiger partial charge in [-0.3, -0.25) is 15.0 Å². The molecule has 136 valence electrons. The van der Waals surface area contributed by atoms with E-state index < -0.39 is 17.8 Å². The Balaban J connectivity index is 1.85. The number of carboxylic acid groups (broad SMARTS) is 1. The molecule has 3 rings (SSSR count). The number of thioether (sulfide) groups is 1. The molecule has 6 nitrogen and oxygen atoms in total. The van der Waals surface area contributed by atoms with E-state index in [0.717, 1.165) is 16.8 Å². The molecule has 9 heteroatoms. The minimum Gasteiger partial charge on any atom is -0.478 e. The summed E-state index contributed by atoms with van der Waals surface area (Å²) in [5, 5.41) is 10.2. The summed E-state index contributed by atoms with van der Waals surface area (Å²) in [6, 6.07) is 13.1. The first-order valence-electron chi connectivity index (χ1n) is 7.54. The van der Waals surface area contributed by atoms with E-state index in [4.69, 9.17) is 12.2 Å². The lowest BCUT2D eigenvalue weighted by atomic mass is 10.1. The minimum absolute atomic E-state index is 0.0695. The standard InChI is InChI=1S/C18H11BrN2O4S2/c19-13-8-4-3-7-12(13)15(22)20-21-16(23)14(27-18(21)26)9-10-5-1-2-6-11(10)17(24)25/h1-9H,(H,20,22)(H,24,25)/b14-9+. The van der Waals surface area contributed by atoms with Crippen molar-refractivity contribution in [3.63, 3.8) is 0 Å². The Hall–Kier alpha value is -2.49. The summed E-state index contributed by atoms with van der Waals surface area (Å²) in [6.07, 6.45) is 1.45. The Morgan fingerprint density at radius 3 is 2.41 bits per heavy atom. The first-order valence-corrected chi connectivity index (χ1v) is 9.56. The molecule has 1 saturated heterocycles. The summed E-state index contributed by atoms with van der Waals surface area (Å²) in [4.78, 5) is 36.6. The van der Waals surface area contributed by atoms with Crippen molar-refractivity contribution in [1.29, 1.82) is 0 Å². The zero-order chi connectivity index (χ0) is 19.6. The molecule has 0 radical (unpaired) electrons. The lowest BCUT2D eigenvalue weighted by Crippen LogP contribution is -2.44. The first-order chi connectivity index (χ1) is 12.9. The molecule has 0 unspecified atom stereocenters. The van der Waals surface area contributed by atoms with Gasteiger partial charge in [-0.25, -0.2) is 4.79 Å². The Morgan fingerprint density at radius 2 is 1.74 bits per heavy atom. The van der Waals surface area contributed by atoms with E-state index in [2.05, 4.69) is 21.4 Å². The van der Waals surface area contributed by atoms with Crippen LogP contribution in [0.25, 0.3) is 6.08 Å². The monoisotopic (exact) mass is 462 g/mol. The van der Waals surface area contributed by atoms with Crippen LogP contribution in [0.3, 0.4) is 0 Å². The Kier molecular flexibility index (Phi) is 5.73. The van der Waals surface area contributed by atoms with Crippen molar-refractivity contribution in [3.05, 3.63) is 74.6 Å². The van der Waals surface area contributed by atoms with E-state index in [1.54, 1.807) is 42.5 Å². The number of carbonyl (C=O) groups excluding carboxylic acids is 2. The van der Waals surface area contributed by atoms with Crippen LogP contribution in [-0.4, -0.2) is 32.2 Å². The molecule has 2 aromatic rings. The quantitative estimate of drug-likeness (QED) is 0.532. The number of carbonyl (C=O) groups is 3. The molecule has 1 fully saturated rings. The number of hydrazine groups is 1. The van der Waals surface area contributed by atoms with Crippen LogP contribution < -0.4 is 5.43 Å². The second-order valence-electron chi connectivity index (χ2n) is 5.33. The van der Waals surface area contributed by atoms with E-state index in [-0.39, 0.29) is 14.8 Å². The van der Waals surface area contributed by atoms with Gasteiger partial charge in [0, 0.05) is 4.47 Å². The third-order valence-electron chi connectivity index (χ3n) is 3.60. The lowest BCUT2D eigenvalue weighted by molar-refractivity contribution is -0.123. The average Bonchev–Trinajstić information content (AvgIpc) is 2.89. The fraction of sp³-hybridized carbons (Fsp3) is 0. The number of halogens is 1. The van der Waals surface area contributed by atoms with Crippen molar-refractivity contribution in [2.45, 2.75) is 0 Å². The normalized spacial score (nSPS) is 15.3. The van der Waals surface area contributed by atoms with Gasteiger partial charge in [-0.15, -0.1) is 0 Å². The van der Waals surface area contributed by atoms with Gasteiger partial charge in [0.2, 0.25) is 0 Å². The van der Waals surface area contributed by atoms with Crippen LogP contribution in [0, 0.1) is 0 Å². The fourth-order valence-electron chi connectivity index (χ4n) is 2.33. The van der Waals surface area contributed by atoms with Crippen LogP contribution in [0.15, 0.2) is 57.9 Å². The molecule has 2 amide bonds. The number of thiocarbonyl (C=S) groups is 1. The molecule has 0 aliphatic carbocycles. The van der Waals surface area contributed by atoms with Gasteiger partial charge in [-0.2, -0.15) is 5.01 Å². The number of carboxylic acids is 1. The molecule has 0 aromatic heterocycles. The Bertz CT molecular complexity index is 1010. The molecule has 1 aliphatic heterocycles. The highest BCUT2D eigenvalue weighted by Gasteiger charge is 2.34. The SMILES string of the molecule is O=C(NN1C(=O)/C(=C\c2ccccc2C(=O)O)SC1=S)c1ccccc1Br. The molecule has 1 heterocycles. The average molecular weight is 463 g/mol. The molecule has 27 heavy (non-hydrogen) atoms. The molecule has 0 atom stereocenters. The fourth-order valence-corrected chi connectivity index (χ4v) is 3.97. The van der Waals surface area contributed by atoms with E-state index in [9.17, 15) is 19.5 Å². The molecular weight excluding hydrogens is 452 g/mol. The van der Waals surface area contributed by atoms with Crippen molar-refractivity contribution in [3.8, 4) is 0 Å². The zero-order valence-electron chi connectivity index (χ0n) is 13.5. The van der Waals surface area contributed by atoms with Crippen LogP contribution in [0.1, 0.15) is 26.3 Å². The zero-order valence-corrected chi connectivity index (χ0v) is 16.7. The predicted molar refractivity (Wildman–Crippen MR) is 110 cm³/mol. The summed E-state index contributed by atoms with van der Waals surface area (Å²) in [5.74, 6) is -2.11. The van der Waals surface area contributed by atoms with Gasteiger partial charge >= 0.3 is 5.97 Å². The Labute approximate surface area is 172 Å². The van der Waals surface area contributed by atoms with E-state index in [1.165, 1.54) is 12.1 Å². The smallest absolute Gasteiger partial charge is 0.336 e. The van der Waals surface area contributed by atoms with Crippen molar-refractivity contribution >= 4 is 68.1 Å². The summed E-state index contributed by atoms with van der Waals surface area (Å²) in [6.45, 7) is 0. The predicted octanol–water partition coefficient (Wildman–Crippen LogP) is 3.69. The number of hydrogen-bond donors (Lipinski definition) is 2. The molecule has 2 N–H and O–H groups in total. The lowest BCUT2D eigenvalue weighted by Gasteiger charge is -2.16. The van der Waals surface area contributed by atoms with E-state index in [1.807, 2.05) is 0 Å². The van der Waals surface area contributed by atoms with E-state index >= 15 is 0 Å². The molecule has 1 aliphatic rings. The molecule has 0 saturated carbocycles. The maximum absolute atomic E-state index is 12.6. The highest BCUT2D eigenvalue weighted by molar-refractivity contribution is 9.10. The summed E-state index contributed by atoms with van der Waals surface area (Å²) in [5.41, 5.74) is 3.28. The molecular formula is C18H11BrN2O4S2. The van der Waals surface area contributed by atoms with Crippen molar-refractivity contribution in [2.24, 2.45) is 0 Å². The van der Waals surface area contributed by atoms with Gasteiger partial charge in [-0.1, -0.05) is 42.1 Å². The maximum atomic E-state index is 12.6. The summed E-state index contributed by atoms with van der Waals surface area (Å²) in [7, 11) is 0. The Morgan fingerprint density at radius 1 is 1.11 bits per heavy atom. The van der Waals surface area contributed by atoms with Gasteiger partial charge in [0.15, 0.2) is 4.32 Å². The summed E-state index contributed by atoms with van der Waals surface area (Å²) < 4.78 is 0.735.